The molecular weight excluding hydrogens is 358 g/mol. The molecule has 3 aromatic rings. The third kappa shape index (κ3) is 2.98. The van der Waals surface area contributed by atoms with Crippen LogP contribution >= 0.6 is 27.3 Å². The van der Waals surface area contributed by atoms with E-state index in [1.807, 2.05) is 55.6 Å². The van der Waals surface area contributed by atoms with Crippen molar-refractivity contribution in [1.29, 1.82) is 0 Å². The molecule has 1 heterocycles. The Hall–Kier alpha value is -1.91. The number of carbonyl (C=O) groups excluding carboxylic acids is 1. The Morgan fingerprint density at radius 1 is 1.05 bits per heavy atom. The summed E-state index contributed by atoms with van der Waals surface area (Å²) in [5.41, 5.74) is 2.68. The molecule has 1 N–H and O–H groups in total. The quantitative estimate of drug-likeness (QED) is 0.617. The first kappa shape index (κ1) is 15.0. The van der Waals surface area contributed by atoms with Gasteiger partial charge in [0, 0.05) is 22.0 Å². The second kappa shape index (κ2) is 6.46. The topological polar surface area (TPSA) is 29.1 Å². The second-order valence-corrected chi connectivity index (χ2v) is 6.78. The van der Waals surface area contributed by atoms with Crippen LogP contribution in [0.2, 0.25) is 0 Å². The molecule has 2 aromatic carbocycles. The highest BCUT2D eigenvalue weighted by Gasteiger charge is 2.18. The molecule has 22 heavy (non-hydrogen) atoms. The second-order valence-electron chi connectivity index (χ2n) is 4.81. The van der Waals surface area contributed by atoms with Crippen LogP contribution in [0.25, 0.3) is 10.4 Å². The zero-order valence-corrected chi connectivity index (χ0v) is 14.4. The van der Waals surface area contributed by atoms with Crippen LogP contribution in [0.1, 0.15) is 15.2 Å². The maximum absolute atomic E-state index is 12.8. The van der Waals surface area contributed by atoms with Crippen molar-refractivity contribution in [3.8, 4) is 10.4 Å². The predicted octanol–water partition coefficient (Wildman–Crippen LogP) is 5.45. The molecule has 0 aliphatic carbocycles. The highest BCUT2D eigenvalue weighted by molar-refractivity contribution is 9.10. The number of nitrogens with one attached hydrogen (secondary N) is 1. The van der Waals surface area contributed by atoms with Gasteiger partial charge in [0.05, 0.1) is 10.6 Å². The summed E-state index contributed by atoms with van der Waals surface area (Å²) in [6.45, 7) is 0. The van der Waals surface area contributed by atoms with E-state index >= 15 is 0 Å². The molecule has 0 aliphatic rings. The molecule has 0 saturated heterocycles. The molecule has 2 nitrogen and oxygen atoms in total. The molecular formula is C18H14BrNOS. The number of carbonyl (C=O) groups is 1. The van der Waals surface area contributed by atoms with Crippen LogP contribution < -0.4 is 5.32 Å². The van der Waals surface area contributed by atoms with Crippen LogP contribution in [0.3, 0.4) is 0 Å². The Morgan fingerprint density at radius 3 is 2.50 bits per heavy atom. The summed E-state index contributed by atoms with van der Waals surface area (Å²) in [5, 5.41) is 3.13. The summed E-state index contributed by atoms with van der Waals surface area (Å²) < 4.78 is 0.907. The molecule has 0 radical (unpaired) electrons. The highest BCUT2D eigenvalue weighted by Crippen LogP contribution is 2.36. The minimum absolute atomic E-state index is 0.0397. The van der Waals surface area contributed by atoms with Crippen molar-refractivity contribution in [2.45, 2.75) is 0 Å². The first-order valence-corrected chi connectivity index (χ1v) is 8.47. The summed E-state index contributed by atoms with van der Waals surface area (Å²) in [6.07, 6.45) is 0. The van der Waals surface area contributed by atoms with Gasteiger partial charge in [0.25, 0.3) is 0 Å². The fraction of sp³-hybridized carbons (Fsp3) is 0.0556. The van der Waals surface area contributed by atoms with E-state index in [9.17, 15) is 4.79 Å². The minimum atomic E-state index is 0.0397. The summed E-state index contributed by atoms with van der Waals surface area (Å²) in [6, 6.07) is 19.6. The van der Waals surface area contributed by atoms with Gasteiger partial charge in [0.2, 0.25) is 5.78 Å². The number of anilines is 1. The molecule has 4 heteroatoms. The lowest BCUT2D eigenvalue weighted by molar-refractivity contribution is 0.104. The fourth-order valence-corrected chi connectivity index (χ4v) is 3.78. The summed E-state index contributed by atoms with van der Waals surface area (Å²) in [4.78, 5) is 14.6. The number of hydrogen-bond donors (Lipinski definition) is 1. The van der Waals surface area contributed by atoms with Gasteiger partial charge in [0.15, 0.2) is 0 Å². The third-order valence-electron chi connectivity index (χ3n) is 3.35. The SMILES string of the molecule is CNc1cc(-c2ccccc2)sc1C(=O)c1cccc(Br)c1. The largest absolute Gasteiger partial charge is 0.387 e. The summed E-state index contributed by atoms with van der Waals surface area (Å²) in [7, 11) is 1.84. The monoisotopic (exact) mass is 371 g/mol. The number of ketones is 1. The summed E-state index contributed by atoms with van der Waals surface area (Å²) in [5.74, 6) is 0.0397. The molecule has 0 atom stereocenters. The van der Waals surface area contributed by atoms with Gasteiger partial charge in [-0.3, -0.25) is 4.79 Å². The highest BCUT2D eigenvalue weighted by atomic mass is 79.9. The van der Waals surface area contributed by atoms with Crippen LogP contribution in [0.15, 0.2) is 65.1 Å². The Morgan fingerprint density at radius 2 is 1.82 bits per heavy atom. The molecule has 1 aromatic heterocycles. The van der Waals surface area contributed by atoms with E-state index in [0.29, 0.717) is 5.56 Å². The van der Waals surface area contributed by atoms with E-state index in [2.05, 4.69) is 33.4 Å². The molecule has 0 spiro atoms. The number of thiophene rings is 1. The maximum Gasteiger partial charge on any atom is 0.205 e. The van der Waals surface area contributed by atoms with Crippen LogP contribution in [0, 0.1) is 0 Å². The smallest absolute Gasteiger partial charge is 0.205 e. The van der Waals surface area contributed by atoms with Crippen molar-refractivity contribution in [2.75, 3.05) is 12.4 Å². The molecule has 0 fully saturated rings. The molecule has 3 rings (SSSR count). The average molecular weight is 372 g/mol. The Labute approximate surface area is 141 Å². The molecule has 0 unspecified atom stereocenters. The van der Waals surface area contributed by atoms with E-state index < -0.39 is 0 Å². The normalized spacial score (nSPS) is 10.5. The van der Waals surface area contributed by atoms with Crippen LogP contribution in [-0.4, -0.2) is 12.8 Å². The molecule has 0 aliphatic heterocycles. The molecule has 110 valence electrons. The van der Waals surface area contributed by atoms with Crippen molar-refractivity contribution < 1.29 is 4.79 Å². The van der Waals surface area contributed by atoms with E-state index in [1.54, 1.807) is 0 Å². The van der Waals surface area contributed by atoms with Gasteiger partial charge < -0.3 is 5.32 Å². The van der Waals surface area contributed by atoms with Crippen LogP contribution in [0.4, 0.5) is 5.69 Å². The molecule has 0 amide bonds. The first-order valence-electron chi connectivity index (χ1n) is 6.86. The molecule has 0 bridgehead atoms. The number of halogens is 1. The standard InChI is InChI=1S/C18H14BrNOS/c1-20-15-11-16(12-6-3-2-4-7-12)22-18(15)17(21)13-8-5-9-14(19)10-13/h2-11,20H,1H3. The van der Waals surface area contributed by atoms with Gasteiger partial charge in [-0.05, 0) is 23.8 Å². The van der Waals surface area contributed by atoms with Crippen molar-refractivity contribution in [2.24, 2.45) is 0 Å². The third-order valence-corrected chi connectivity index (χ3v) is 5.03. The van der Waals surface area contributed by atoms with Gasteiger partial charge in [-0.15, -0.1) is 11.3 Å². The molecule has 0 saturated carbocycles. The van der Waals surface area contributed by atoms with Crippen molar-refractivity contribution in [1.82, 2.24) is 0 Å². The van der Waals surface area contributed by atoms with Gasteiger partial charge in [-0.2, -0.15) is 0 Å². The van der Waals surface area contributed by atoms with Crippen LogP contribution in [0.5, 0.6) is 0 Å². The Bertz CT molecular complexity index is 811. The van der Waals surface area contributed by atoms with Gasteiger partial charge in [-0.25, -0.2) is 0 Å². The number of rotatable bonds is 4. The lowest BCUT2D eigenvalue weighted by Crippen LogP contribution is -2.01. The van der Waals surface area contributed by atoms with E-state index in [-0.39, 0.29) is 5.78 Å². The lowest BCUT2D eigenvalue weighted by atomic mass is 10.1. The van der Waals surface area contributed by atoms with Gasteiger partial charge in [0.1, 0.15) is 0 Å². The van der Waals surface area contributed by atoms with Gasteiger partial charge >= 0.3 is 0 Å². The van der Waals surface area contributed by atoms with Crippen molar-refractivity contribution >= 4 is 38.7 Å². The van der Waals surface area contributed by atoms with Gasteiger partial charge in [-0.1, -0.05) is 58.4 Å². The number of hydrogen-bond acceptors (Lipinski definition) is 3. The Balaban J connectivity index is 2.04. The first-order chi connectivity index (χ1) is 10.7. The van der Waals surface area contributed by atoms with E-state index in [1.165, 1.54) is 11.3 Å². The predicted molar refractivity (Wildman–Crippen MR) is 96.9 cm³/mol. The maximum atomic E-state index is 12.8. The van der Waals surface area contributed by atoms with E-state index in [4.69, 9.17) is 0 Å². The lowest BCUT2D eigenvalue weighted by Gasteiger charge is -2.02. The van der Waals surface area contributed by atoms with E-state index in [0.717, 1.165) is 25.5 Å². The van der Waals surface area contributed by atoms with Crippen LogP contribution in [-0.2, 0) is 0 Å². The fourth-order valence-electron chi connectivity index (χ4n) is 2.25. The van der Waals surface area contributed by atoms with Crippen molar-refractivity contribution in [3.05, 3.63) is 75.6 Å². The summed E-state index contributed by atoms with van der Waals surface area (Å²) >= 11 is 4.93. The Kier molecular flexibility index (Phi) is 4.41. The zero-order valence-electron chi connectivity index (χ0n) is 12.0. The van der Waals surface area contributed by atoms with Crippen molar-refractivity contribution in [3.63, 3.8) is 0 Å². The number of benzene rings is 2. The minimum Gasteiger partial charge on any atom is -0.387 e. The zero-order chi connectivity index (χ0) is 15.5. The average Bonchev–Trinajstić information content (AvgIpc) is 2.99.